The maximum atomic E-state index is 13.8. The maximum Gasteiger partial charge on any atom is 0.490 e. The molecule has 38 heavy (non-hydrogen) atoms. The molecule has 3 aliphatic carbocycles. The second-order valence-corrected chi connectivity index (χ2v) is 10.9. The molecule has 17 heteroatoms. The van der Waals surface area contributed by atoms with E-state index in [2.05, 4.69) is 14.7 Å². The van der Waals surface area contributed by atoms with Gasteiger partial charge in [0.15, 0.2) is 17.2 Å². The monoisotopic (exact) mass is 569 g/mol. The van der Waals surface area contributed by atoms with E-state index in [9.17, 15) is 39.2 Å². The highest BCUT2D eigenvalue weighted by Crippen LogP contribution is 2.63. The van der Waals surface area contributed by atoms with Crippen LogP contribution in [0, 0.1) is 6.92 Å². The van der Waals surface area contributed by atoms with Crippen molar-refractivity contribution in [1.29, 1.82) is 0 Å². The minimum absolute atomic E-state index is 0.0240. The van der Waals surface area contributed by atoms with Gasteiger partial charge in [-0.1, -0.05) is 6.07 Å². The average Bonchev–Trinajstić information content (AvgIpc) is 3.15. The van der Waals surface area contributed by atoms with Gasteiger partial charge >= 0.3 is 18.3 Å². The van der Waals surface area contributed by atoms with Gasteiger partial charge in [0.2, 0.25) is 10.0 Å². The predicted molar refractivity (Wildman–Crippen MR) is 117 cm³/mol. The quantitative estimate of drug-likeness (QED) is 0.406. The van der Waals surface area contributed by atoms with Gasteiger partial charge in [-0.05, 0) is 24.6 Å². The Morgan fingerprint density at radius 3 is 2.24 bits per heavy atom. The molecule has 3 aliphatic rings. The number of nitrogens with one attached hydrogen (secondary N) is 1. The molecule has 3 saturated carbocycles. The number of halogens is 7. The first kappa shape index (κ1) is 27.6. The lowest BCUT2D eigenvalue weighted by Gasteiger charge is -2.65. The van der Waals surface area contributed by atoms with E-state index in [1.165, 1.54) is 18.3 Å². The number of fused-ring (bicyclic) bond motifs is 1. The van der Waals surface area contributed by atoms with Gasteiger partial charge in [0.25, 0.3) is 0 Å². The summed E-state index contributed by atoms with van der Waals surface area (Å²) in [4.78, 5) is 16.2. The summed E-state index contributed by atoms with van der Waals surface area (Å²) in [5.74, 6) is -3.15. The molecule has 4 N–H and O–H groups in total. The number of nitrogens with two attached hydrogens (primary N) is 1. The van der Waals surface area contributed by atoms with Crippen LogP contribution < -0.4 is 10.5 Å². The molecule has 0 spiro atoms. The Bertz CT molecular complexity index is 1530. The van der Waals surface area contributed by atoms with E-state index in [4.69, 9.17) is 15.6 Å². The van der Waals surface area contributed by atoms with Crippen molar-refractivity contribution >= 4 is 27.5 Å². The molecule has 9 nitrogen and oxygen atoms in total. The lowest BCUT2D eigenvalue weighted by molar-refractivity contribution is -0.192. The van der Waals surface area contributed by atoms with Crippen LogP contribution in [0.15, 0.2) is 35.5 Å². The summed E-state index contributed by atoms with van der Waals surface area (Å²) in [7, 11) is -3.95. The van der Waals surface area contributed by atoms with Crippen molar-refractivity contribution in [2.45, 2.75) is 54.6 Å². The van der Waals surface area contributed by atoms with Crippen LogP contribution in [0.2, 0.25) is 0 Å². The smallest absolute Gasteiger partial charge is 0.475 e. The maximum absolute atomic E-state index is 13.8. The van der Waals surface area contributed by atoms with E-state index in [1.807, 2.05) is 0 Å². The first-order valence-electron chi connectivity index (χ1n) is 10.6. The molecule has 3 aromatic rings. The lowest BCUT2D eigenvalue weighted by atomic mass is 9.48. The number of aliphatic carboxylic acids is 1. The van der Waals surface area contributed by atoms with Crippen LogP contribution >= 0.6 is 0 Å². The van der Waals surface area contributed by atoms with Gasteiger partial charge in [-0.15, -0.1) is 0 Å². The minimum Gasteiger partial charge on any atom is -0.475 e. The van der Waals surface area contributed by atoms with Crippen molar-refractivity contribution in [3.05, 3.63) is 41.9 Å². The van der Waals surface area contributed by atoms with E-state index in [1.54, 1.807) is 13.0 Å². The zero-order valence-corrected chi connectivity index (χ0v) is 20.0. The van der Waals surface area contributed by atoms with E-state index < -0.39 is 51.1 Å². The largest absolute Gasteiger partial charge is 0.490 e. The zero-order chi connectivity index (χ0) is 28.5. The number of carboxylic acids is 1. The number of rotatable bonds is 4. The van der Waals surface area contributed by atoms with Gasteiger partial charge in [-0.3, -0.25) is 4.40 Å². The third-order valence-corrected chi connectivity index (χ3v) is 7.74. The van der Waals surface area contributed by atoms with E-state index in [0.29, 0.717) is 11.1 Å². The molecule has 2 aromatic heterocycles. The molecule has 0 radical (unpaired) electrons. The highest BCUT2D eigenvalue weighted by Gasteiger charge is 2.70. The highest BCUT2D eigenvalue weighted by molar-refractivity contribution is 7.89. The van der Waals surface area contributed by atoms with Gasteiger partial charge in [0, 0.05) is 36.6 Å². The molecule has 6 rings (SSSR count). The zero-order valence-electron chi connectivity index (χ0n) is 19.2. The van der Waals surface area contributed by atoms with Crippen molar-refractivity contribution < 1.29 is 49.1 Å². The normalized spacial score (nSPS) is 22.7. The van der Waals surface area contributed by atoms with E-state index in [-0.39, 0.29) is 35.5 Å². The third-order valence-electron chi connectivity index (χ3n) is 6.16. The van der Waals surface area contributed by atoms with Crippen molar-refractivity contribution in [3.63, 3.8) is 0 Å². The Hall–Kier alpha value is -3.47. The summed E-state index contributed by atoms with van der Waals surface area (Å²) in [5.41, 5.74) is 3.71. The number of aromatic nitrogens is 3. The number of anilines is 1. The molecule has 206 valence electrons. The summed E-state index contributed by atoms with van der Waals surface area (Å²) < 4.78 is 115. The van der Waals surface area contributed by atoms with Crippen LogP contribution in [0.25, 0.3) is 16.9 Å². The van der Waals surface area contributed by atoms with E-state index in [0.717, 1.165) is 10.6 Å². The number of carboxylic acid groups (broad SMARTS) is 1. The highest BCUT2D eigenvalue weighted by atomic mass is 32.2. The summed E-state index contributed by atoms with van der Waals surface area (Å²) in [5, 5.41) is 7.12. The summed E-state index contributed by atoms with van der Waals surface area (Å²) in [6.45, 7) is 1.70. The second kappa shape index (κ2) is 8.52. The molecule has 0 saturated heterocycles. The number of hydrogen-bond acceptors (Lipinski definition) is 6. The molecule has 3 fully saturated rings. The predicted octanol–water partition coefficient (Wildman–Crippen LogP) is 3.86. The molecule has 1 aromatic carbocycles. The number of carbonyl (C=O) groups is 1. The molecule has 2 heterocycles. The second-order valence-electron chi connectivity index (χ2n) is 9.19. The van der Waals surface area contributed by atoms with Crippen molar-refractivity contribution in [2.75, 3.05) is 5.73 Å². The van der Waals surface area contributed by atoms with Crippen molar-refractivity contribution in [3.8, 4) is 11.3 Å². The van der Waals surface area contributed by atoms with Gasteiger partial charge in [0.05, 0.1) is 16.8 Å². The Morgan fingerprint density at radius 1 is 1.16 bits per heavy atom. The average molecular weight is 569 g/mol. The number of benzene rings is 1. The number of sulfonamides is 1. The number of nitrogen functional groups attached to an aromatic ring is 1. The fourth-order valence-corrected chi connectivity index (χ4v) is 5.93. The first-order valence-corrected chi connectivity index (χ1v) is 12.1. The molecule has 0 amide bonds. The number of hydrogen-bond donors (Lipinski definition) is 3. The van der Waals surface area contributed by atoms with Crippen LogP contribution in [0.4, 0.5) is 36.6 Å². The summed E-state index contributed by atoms with van der Waals surface area (Å²) in [6, 6.07) is 4.32. The van der Waals surface area contributed by atoms with Crippen LogP contribution in [-0.4, -0.2) is 51.2 Å². The fourth-order valence-electron chi connectivity index (χ4n) is 4.51. The number of alkyl halides is 7. The van der Waals surface area contributed by atoms with E-state index >= 15 is 0 Å². The third kappa shape index (κ3) is 4.99. The lowest BCUT2D eigenvalue weighted by Crippen LogP contribution is -2.76. The Labute approximate surface area is 209 Å². The van der Waals surface area contributed by atoms with Crippen LogP contribution in [0.5, 0.6) is 0 Å². The molecule has 0 aliphatic heterocycles. The Kier molecular flexibility index (Phi) is 6.18. The van der Waals surface area contributed by atoms with Crippen LogP contribution in [0.3, 0.4) is 0 Å². The first-order chi connectivity index (χ1) is 17.3. The Balaban J connectivity index is 0.000000426. The molecule has 0 atom stereocenters. The molecular weight excluding hydrogens is 551 g/mol. The Morgan fingerprint density at radius 2 is 1.74 bits per heavy atom. The number of nitrogens with zero attached hydrogens (tertiary/aromatic N) is 3. The van der Waals surface area contributed by atoms with Gasteiger partial charge in [-0.2, -0.15) is 26.3 Å². The topological polar surface area (TPSA) is 140 Å². The van der Waals surface area contributed by atoms with Crippen LogP contribution in [0.1, 0.15) is 30.5 Å². The SMILES string of the molecule is Cc1ccc(S(=O)(=O)NC23CC(F)(C2)C3)cc1-c1cnc2c(N)nc(C(F)(F)F)cn12.O=C(O)C(F)(F)F. The standard InChI is InChI=1S/C19H17F4N5O2S.C2HF3O2/c1-10-2-3-11(31(29,30)27-18-7-17(20,8-18)9-18)4-12(10)13-5-25-16-15(24)26-14(6-28(13)16)19(21,22)23;3-2(4,5)1(6)7/h2-6,27H,7-9H2,1H3,(H2,24,26);(H,6,7). The van der Waals surface area contributed by atoms with Gasteiger partial charge in [0.1, 0.15) is 5.67 Å². The molecular formula is C21H18F7N5O4S. The minimum atomic E-state index is -5.08. The van der Waals surface area contributed by atoms with Crippen LogP contribution in [-0.2, 0) is 21.0 Å². The van der Waals surface area contributed by atoms with Crippen molar-refractivity contribution in [1.82, 2.24) is 19.1 Å². The fraction of sp³-hybridized carbons (Fsp3) is 0.381. The molecule has 2 bridgehead atoms. The van der Waals surface area contributed by atoms with Gasteiger partial charge < -0.3 is 10.8 Å². The van der Waals surface area contributed by atoms with Gasteiger partial charge in [-0.25, -0.2) is 32.3 Å². The summed E-state index contributed by atoms with van der Waals surface area (Å²) in [6.07, 6.45) is -7.26. The number of imidazole rings is 1. The summed E-state index contributed by atoms with van der Waals surface area (Å²) >= 11 is 0. The number of aryl methyl sites for hydroxylation is 1. The molecule has 0 unspecified atom stereocenters. The van der Waals surface area contributed by atoms with Crippen molar-refractivity contribution in [2.24, 2.45) is 0 Å².